The van der Waals surface area contributed by atoms with E-state index in [4.69, 9.17) is 0 Å². The molecule has 0 saturated carbocycles. The van der Waals surface area contributed by atoms with Gasteiger partial charge in [0.2, 0.25) is 0 Å². The molecule has 0 saturated heterocycles. The Labute approximate surface area is 186 Å². The summed E-state index contributed by atoms with van der Waals surface area (Å²) >= 11 is 0. The number of carbonyl (C=O) groups excluding carboxylic acids is 1. The van der Waals surface area contributed by atoms with Crippen LogP contribution in [0.5, 0.6) is 0 Å². The molecular formula is C26H23N3O3. The third kappa shape index (κ3) is 3.64. The van der Waals surface area contributed by atoms with Crippen molar-refractivity contribution in [2.24, 2.45) is 0 Å². The van der Waals surface area contributed by atoms with Gasteiger partial charge in [0.05, 0.1) is 22.3 Å². The number of fused-ring (bicyclic) bond motifs is 1. The number of ketones is 1. The van der Waals surface area contributed by atoms with Crippen molar-refractivity contribution in [3.05, 3.63) is 111 Å². The second kappa shape index (κ2) is 7.96. The Morgan fingerprint density at radius 1 is 0.906 bits per heavy atom. The van der Waals surface area contributed by atoms with Gasteiger partial charge in [-0.2, -0.15) is 0 Å². The SMILES string of the molecule is Cc1ccc([C@H]2Nc3ccccc3NC3=C2C(=O)C[C@H](c2cccc([N+](=O)[O-])c2)C3)cc1. The summed E-state index contributed by atoms with van der Waals surface area (Å²) < 4.78 is 0. The molecule has 0 amide bonds. The Bertz CT molecular complexity index is 1250. The maximum atomic E-state index is 13.5. The number of nitro benzene ring substituents is 1. The fraction of sp³-hybridized carbons (Fsp3) is 0.192. The van der Waals surface area contributed by atoms with E-state index in [0.717, 1.165) is 39.3 Å². The third-order valence-electron chi connectivity index (χ3n) is 6.27. The highest BCUT2D eigenvalue weighted by molar-refractivity contribution is 6.01. The van der Waals surface area contributed by atoms with Crippen molar-refractivity contribution in [2.75, 3.05) is 10.6 Å². The number of aryl methyl sites for hydroxylation is 1. The van der Waals surface area contributed by atoms with Crippen LogP contribution in [-0.2, 0) is 4.79 Å². The predicted octanol–water partition coefficient (Wildman–Crippen LogP) is 5.88. The molecule has 2 atom stereocenters. The van der Waals surface area contributed by atoms with Gasteiger partial charge < -0.3 is 10.6 Å². The van der Waals surface area contributed by atoms with E-state index in [1.807, 2.05) is 37.3 Å². The second-order valence-electron chi connectivity index (χ2n) is 8.43. The lowest BCUT2D eigenvalue weighted by Crippen LogP contribution is -2.26. The molecule has 0 unspecified atom stereocenters. The Balaban J connectivity index is 1.59. The Morgan fingerprint density at radius 2 is 1.66 bits per heavy atom. The van der Waals surface area contributed by atoms with Crippen LogP contribution < -0.4 is 10.6 Å². The maximum absolute atomic E-state index is 13.5. The molecule has 32 heavy (non-hydrogen) atoms. The molecule has 2 aliphatic rings. The fourth-order valence-electron chi connectivity index (χ4n) is 4.63. The van der Waals surface area contributed by atoms with E-state index in [-0.39, 0.29) is 23.4 Å². The number of nitrogens with zero attached hydrogens (tertiary/aromatic N) is 1. The van der Waals surface area contributed by atoms with E-state index in [2.05, 4.69) is 34.9 Å². The van der Waals surface area contributed by atoms with E-state index in [9.17, 15) is 14.9 Å². The molecule has 6 heteroatoms. The van der Waals surface area contributed by atoms with E-state index < -0.39 is 4.92 Å². The van der Waals surface area contributed by atoms with Gasteiger partial charge in [-0.05, 0) is 42.5 Å². The monoisotopic (exact) mass is 425 g/mol. The van der Waals surface area contributed by atoms with E-state index in [1.54, 1.807) is 12.1 Å². The standard InChI is InChI=1S/C26H23N3O3/c1-16-9-11-17(12-10-16)26-25-23(27-21-7-2-3-8-22(21)28-26)14-19(15-24(25)30)18-5-4-6-20(13-18)29(31)32/h2-13,19,26-28H,14-15H2,1H3/t19-,26-/m1/s1. The van der Waals surface area contributed by atoms with Crippen LogP contribution in [0.3, 0.4) is 0 Å². The molecule has 3 aromatic rings. The molecule has 1 heterocycles. The number of carbonyl (C=O) groups is 1. The summed E-state index contributed by atoms with van der Waals surface area (Å²) in [6.07, 6.45) is 0.933. The molecule has 1 aliphatic heterocycles. The maximum Gasteiger partial charge on any atom is 0.269 e. The Morgan fingerprint density at radius 3 is 2.41 bits per heavy atom. The number of anilines is 2. The lowest BCUT2D eigenvalue weighted by Gasteiger charge is -2.30. The van der Waals surface area contributed by atoms with Gasteiger partial charge >= 0.3 is 0 Å². The van der Waals surface area contributed by atoms with Crippen LogP contribution in [0.15, 0.2) is 84.1 Å². The van der Waals surface area contributed by atoms with Crippen molar-refractivity contribution in [1.82, 2.24) is 0 Å². The molecule has 0 aromatic heterocycles. The minimum Gasteiger partial charge on any atom is -0.372 e. The van der Waals surface area contributed by atoms with Crippen molar-refractivity contribution >= 4 is 22.8 Å². The summed E-state index contributed by atoms with van der Waals surface area (Å²) in [5, 5.41) is 18.3. The number of hydrogen-bond donors (Lipinski definition) is 2. The average Bonchev–Trinajstić information content (AvgIpc) is 2.96. The number of Topliss-reactive ketones (excluding diaryl/α,β-unsaturated/α-hetero) is 1. The summed E-state index contributed by atoms with van der Waals surface area (Å²) in [6, 6.07) is 22.5. The van der Waals surface area contributed by atoms with Crippen molar-refractivity contribution in [2.45, 2.75) is 31.7 Å². The first-order valence-electron chi connectivity index (χ1n) is 10.7. The van der Waals surface area contributed by atoms with Crippen LogP contribution in [0.1, 0.15) is 41.5 Å². The molecule has 1 aliphatic carbocycles. The second-order valence-corrected chi connectivity index (χ2v) is 8.43. The molecule has 0 bridgehead atoms. The van der Waals surface area contributed by atoms with Gasteiger partial charge in [0.15, 0.2) is 5.78 Å². The summed E-state index contributed by atoms with van der Waals surface area (Å²) in [5.74, 6) is -0.0567. The highest BCUT2D eigenvalue weighted by atomic mass is 16.6. The van der Waals surface area contributed by atoms with Crippen LogP contribution >= 0.6 is 0 Å². The zero-order valence-electron chi connectivity index (χ0n) is 17.7. The number of non-ortho nitro benzene ring substituents is 1. The number of rotatable bonds is 3. The van der Waals surface area contributed by atoms with Crippen LogP contribution in [0, 0.1) is 17.0 Å². The van der Waals surface area contributed by atoms with Gasteiger partial charge in [-0.15, -0.1) is 0 Å². The first kappa shape index (κ1) is 20.0. The Kier molecular flexibility index (Phi) is 4.98. The van der Waals surface area contributed by atoms with E-state index in [0.29, 0.717) is 12.8 Å². The normalized spacial score (nSPS) is 19.8. The highest BCUT2D eigenvalue weighted by Crippen LogP contribution is 2.44. The predicted molar refractivity (Wildman–Crippen MR) is 125 cm³/mol. The molecule has 2 N–H and O–H groups in total. The lowest BCUT2D eigenvalue weighted by atomic mass is 9.78. The highest BCUT2D eigenvalue weighted by Gasteiger charge is 2.36. The number of nitro groups is 1. The largest absolute Gasteiger partial charge is 0.372 e. The summed E-state index contributed by atoms with van der Waals surface area (Å²) in [6.45, 7) is 2.04. The zero-order valence-corrected chi connectivity index (χ0v) is 17.7. The first-order valence-corrected chi connectivity index (χ1v) is 10.7. The first-order chi connectivity index (χ1) is 15.5. The zero-order chi connectivity index (χ0) is 22.2. The van der Waals surface area contributed by atoms with Gasteiger partial charge in [0, 0.05) is 29.8 Å². The van der Waals surface area contributed by atoms with Gasteiger partial charge in [-0.1, -0.05) is 54.1 Å². The van der Waals surface area contributed by atoms with Crippen LogP contribution in [0.2, 0.25) is 0 Å². The number of hydrogen-bond acceptors (Lipinski definition) is 5. The van der Waals surface area contributed by atoms with Gasteiger partial charge in [0.1, 0.15) is 0 Å². The van der Waals surface area contributed by atoms with Gasteiger partial charge in [0.25, 0.3) is 5.69 Å². The third-order valence-corrected chi connectivity index (χ3v) is 6.27. The molecule has 3 aromatic carbocycles. The Hall–Kier alpha value is -3.93. The van der Waals surface area contributed by atoms with Crippen molar-refractivity contribution in [3.63, 3.8) is 0 Å². The van der Waals surface area contributed by atoms with E-state index in [1.165, 1.54) is 6.07 Å². The van der Waals surface area contributed by atoms with E-state index >= 15 is 0 Å². The smallest absolute Gasteiger partial charge is 0.269 e. The van der Waals surface area contributed by atoms with Crippen LogP contribution in [0.4, 0.5) is 17.1 Å². The minimum atomic E-state index is -0.393. The molecule has 6 nitrogen and oxygen atoms in total. The molecule has 0 radical (unpaired) electrons. The summed E-state index contributed by atoms with van der Waals surface area (Å²) in [4.78, 5) is 24.4. The minimum absolute atomic E-state index is 0.0492. The fourth-order valence-corrected chi connectivity index (χ4v) is 4.63. The lowest BCUT2D eigenvalue weighted by molar-refractivity contribution is -0.384. The summed E-state index contributed by atoms with van der Waals surface area (Å²) in [5.41, 5.74) is 6.53. The molecule has 5 rings (SSSR count). The van der Waals surface area contributed by atoms with Crippen LogP contribution in [0.25, 0.3) is 0 Å². The van der Waals surface area contributed by atoms with Crippen LogP contribution in [-0.4, -0.2) is 10.7 Å². The molecular weight excluding hydrogens is 402 g/mol. The van der Waals surface area contributed by atoms with Crippen molar-refractivity contribution < 1.29 is 9.72 Å². The molecule has 0 spiro atoms. The van der Waals surface area contributed by atoms with Gasteiger partial charge in [-0.3, -0.25) is 14.9 Å². The number of benzene rings is 3. The molecule has 0 fully saturated rings. The topological polar surface area (TPSA) is 84.3 Å². The van der Waals surface area contributed by atoms with Crippen molar-refractivity contribution in [1.29, 1.82) is 0 Å². The average molecular weight is 425 g/mol. The van der Waals surface area contributed by atoms with Crippen molar-refractivity contribution in [3.8, 4) is 0 Å². The quantitative estimate of drug-likeness (QED) is 0.404. The number of para-hydroxylation sites is 2. The number of allylic oxidation sites excluding steroid dienone is 1. The number of nitrogens with one attached hydrogen (secondary N) is 2. The molecule has 160 valence electrons. The van der Waals surface area contributed by atoms with Gasteiger partial charge in [-0.25, -0.2) is 0 Å². The summed E-state index contributed by atoms with van der Waals surface area (Å²) in [7, 11) is 0.